The third-order valence-corrected chi connectivity index (χ3v) is 3.45. The molecule has 0 bridgehead atoms. The maximum atomic E-state index is 5.35. The predicted octanol–water partition coefficient (Wildman–Crippen LogP) is 2.39. The maximum Gasteiger partial charge on any atom is 0.124 e. The summed E-state index contributed by atoms with van der Waals surface area (Å²) in [4.78, 5) is 0. The minimum atomic E-state index is 0.266. The first-order valence-corrected chi connectivity index (χ1v) is 7.11. The van der Waals surface area contributed by atoms with Crippen LogP contribution in [0, 0.1) is 0 Å². The molecule has 1 aromatic heterocycles. The molecule has 114 valence electrons. The molecule has 0 aliphatic rings. The van der Waals surface area contributed by atoms with Gasteiger partial charge in [-0.2, -0.15) is 5.10 Å². The summed E-state index contributed by atoms with van der Waals surface area (Å²) in [7, 11) is 3.37. The van der Waals surface area contributed by atoms with Crippen molar-refractivity contribution in [2.45, 2.75) is 26.1 Å². The van der Waals surface area contributed by atoms with E-state index in [1.54, 1.807) is 20.4 Å². The SMILES string of the molecule is COCc1cc(C(C)NCCn2cccn2)ccc1OC. The molecule has 5 heteroatoms. The zero-order chi connectivity index (χ0) is 15.1. The van der Waals surface area contributed by atoms with Crippen molar-refractivity contribution in [2.24, 2.45) is 0 Å². The van der Waals surface area contributed by atoms with Crippen molar-refractivity contribution in [1.29, 1.82) is 0 Å². The van der Waals surface area contributed by atoms with Gasteiger partial charge in [-0.3, -0.25) is 4.68 Å². The van der Waals surface area contributed by atoms with E-state index in [4.69, 9.17) is 9.47 Å². The fourth-order valence-corrected chi connectivity index (χ4v) is 2.28. The number of ether oxygens (including phenoxy) is 2. The van der Waals surface area contributed by atoms with Crippen LogP contribution in [-0.4, -0.2) is 30.5 Å². The van der Waals surface area contributed by atoms with Gasteiger partial charge in [-0.15, -0.1) is 0 Å². The molecule has 0 fully saturated rings. The molecule has 0 saturated heterocycles. The summed E-state index contributed by atoms with van der Waals surface area (Å²) in [6, 6.07) is 8.42. The second-order valence-corrected chi connectivity index (χ2v) is 4.95. The minimum absolute atomic E-state index is 0.266. The summed E-state index contributed by atoms with van der Waals surface area (Å²) in [6.45, 7) is 4.44. The fraction of sp³-hybridized carbons (Fsp3) is 0.438. The van der Waals surface area contributed by atoms with Crippen molar-refractivity contribution >= 4 is 0 Å². The highest BCUT2D eigenvalue weighted by Crippen LogP contribution is 2.23. The smallest absolute Gasteiger partial charge is 0.124 e. The molecule has 1 aromatic carbocycles. The molecular weight excluding hydrogens is 266 g/mol. The van der Waals surface area contributed by atoms with E-state index in [1.807, 2.05) is 23.0 Å². The van der Waals surface area contributed by atoms with Crippen LogP contribution in [0.4, 0.5) is 0 Å². The second-order valence-electron chi connectivity index (χ2n) is 4.95. The second kappa shape index (κ2) is 7.81. The van der Waals surface area contributed by atoms with E-state index in [0.717, 1.165) is 24.4 Å². The summed E-state index contributed by atoms with van der Waals surface area (Å²) in [5.41, 5.74) is 2.29. The lowest BCUT2D eigenvalue weighted by molar-refractivity contribution is 0.181. The van der Waals surface area contributed by atoms with Gasteiger partial charge in [0.25, 0.3) is 0 Å². The van der Waals surface area contributed by atoms with Crippen LogP contribution in [-0.2, 0) is 17.9 Å². The van der Waals surface area contributed by atoms with Crippen LogP contribution in [0.2, 0.25) is 0 Å². The average Bonchev–Trinajstić information content (AvgIpc) is 3.00. The molecule has 0 aliphatic carbocycles. The fourth-order valence-electron chi connectivity index (χ4n) is 2.28. The summed E-state index contributed by atoms with van der Waals surface area (Å²) >= 11 is 0. The molecule has 2 aromatic rings. The molecule has 1 heterocycles. The standard InChI is InChI=1S/C16H23N3O2/c1-13(17-8-10-19-9-4-7-18-19)14-5-6-16(21-3)15(11-14)12-20-2/h4-7,9,11,13,17H,8,10,12H2,1-3H3. The first kappa shape index (κ1) is 15.5. The third kappa shape index (κ3) is 4.31. The highest BCUT2D eigenvalue weighted by atomic mass is 16.5. The summed E-state index contributed by atoms with van der Waals surface area (Å²) in [5.74, 6) is 0.865. The molecule has 0 saturated carbocycles. The monoisotopic (exact) mass is 289 g/mol. The first-order chi connectivity index (χ1) is 10.2. The molecule has 1 N–H and O–H groups in total. The van der Waals surface area contributed by atoms with Crippen LogP contribution in [0.15, 0.2) is 36.7 Å². The lowest BCUT2D eigenvalue weighted by atomic mass is 10.0. The molecular formula is C16H23N3O2. The number of nitrogens with zero attached hydrogens (tertiary/aromatic N) is 2. The van der Waals surface area contributed by atoms with Crippen molar-refractivity contribution in [2.75, 3.05) is 20.8 Å². The van der Waals surface area contributed by atoms with Gasteiger partial charge in [-0.05, 0) is 30.7 Å². The Labute approximate surface area is 125 Å². The Morgan fingerprint density at radius 3 is 2.86 bits per heavy atom. The number of hydrogen-bond acceptors (Lipinski definition) is 4. The van der Waals surface area contributed by atoms with Crippen molar-refractivity contribution < 1.29 is 9.47 Å². The quantitative estimate of drug-likeness (QED) is 0.810. The summed E-state index contributed by atoms with van der Waals surface area (Å²) in [5, 5.41) is 7.69. The van der Waals surface area contributed by atoms with E-state index >= 15 is 0 Å². The lowest BCUT2D eigenvalue weighted by Gasteiger charge is -2.17. The highest BCUT2D eigenvalue weighted by molar-refractivity contribution is 5.38. The molecule has 5 nitrogen and oxygen atoms in total. The zero-order valence-corrected chi connectivity index (χ0v) is 12.9. The summed E-state index contributed by atoms with van der Waals surface area (Å²) in [6.07, 6.45) is 3.76. The van der Waals surface area contributed by atoms with Crippen LogP contribution < -0.4 is 10.1 Å². The Kier molecular flexibility index (Phi) is 5.78. The molecule has 2 rings (SSSR count). The topological polar surface area (TPSA) is 48.3 Å². The Morgan fingerprint density at radius 2 is 2.19 bits per heavy atom. The van der Waals surface area contributed by atoms with Gasteiger partial charge in [0.05, 0.1) is 20.3 Å². The zero-order valence-electron chi connectivity index (χ0n) is 12.9. The Bertz CT molecular complexity index is 540. The van der Waals surface area contributed by atoms with Crippen molar-refractivity contribution in [3.05, 3.63) is 47.8 Å². The number of rotatable bonds is 8. The van der Waals surface area contributed by atoms with E-state index in [0.29, 0.717) is 6.61 Å². The van der Waals surface area contributed by atoms with Crippen molar-refractivity contribution in [1.82, 2.24) is 15.1 Å². The lowest BCUT2D eigenvalue weighted by Crippen LogP contribution is -2.23. The number of aromatic nitrogens is 2. The number of methoxy groups -OCH3 is 2. The Balaban J connectivity index is 1.94. The molecule has 0 amide bonds. The molecule has 0 radical (unpaired) electrons. The van der Waals surface area contributed by atoms with Gasteiger partial charge in [0.2, 0.25) is 0 Å². The van der Waals surface area contributed by atoms with E-state index in [1.165, 1.54) is 5.56 Å². The molecule has 0 spiro atoms. The third-order valence-electron chi connectivity index (χ3n) is 3.45. The number of nitrogens with one attached hydrogen (secondary N) is 1. The van der Waals surface area contributed by atoms with Crippen LogP contribution in [0.25, 0.3) is 0 Å². The number of hydrogen-bond donors (Lipinski definition) is 1. The van der Waals surface area contributed by atoms with Crippen LogP contribution in [0.3, 0.4) is 0 Å². The van der Waals surface area contributed by atoms with E-state index < -0.39 is 0 Å². The molecule has 1 unspecified atom stereocenters. The number of benzene rings is 1. The summed E-state index contributed by atoms with van der Waals surface area (Å²) < 4.78 is 12.5. The van der Waals surface area contributed by atoms with Crippen LogP contribution in [0.5, 0.6) is 5.75 Å². The average molecular weight is 289 g/mol. The molecule has 0 aliphatic heterocycles. The Hall–Kier alpha value is -1.85. The maximum absolute atomic E-state index is 5.35. The normalized spacial score (nSPS) is 12.3. The van der Waals surface area contributed by atoms with Crippen molar-refractivity contribution in [3.8, 4) is 5.75 Å². The van der Waals surface area contributed by atoms with Gasteiger partial charge in [0.15, 0.2) is 0 Å². The van der Waals surface area contributed by atoms with Gasteiger partial charge < -0.3 is 14.8 Å². The van der Waals surface area contributed by atoms with E-state index in [9.17, 15) is 0 Å². The van der Waals surface area contributed by atoms with E-state index in [2.05, 4.69) is 29.5 Å². The first-order valence-electron chi connectivity index (χ1n) is 7.11. The minimum Gasteiger partial charge on any atom is -0.496 e. The van der Waals surface area contributed by atoms with Gasteiger partial charge in [0.1, 0.15) is 5.75 Å². The van der Waals surface area contributed by atoms with E-state index in [-0.39, 0.29) is 6.04 Å². The molecule has 1 atom stereocenters. The van der Waals surface area contributed by atoms with Crippen molar-refractivity contribution in [3.63, 3.8) is 0 Å². The van der Waals surface area contributed by atoms with Gasteiger partial charge in [0, 0.05) is 37.7 Å². The van der Waals surface area contributed by atoms with Crippen LogP contribution >= 0.6 is 0 Å². The molecule has 21 heavy (non-hydrogen) atoms. The van der Waals surface area contributed by atoms with Crippen LogP contribution in [0.1, 0.15) is 24.1 Å². The predicted molar refractivity (Wildman–Crippen MR) is 82.4 cm³/mol. The van der Waals surface area contributed by atoms with Gasteiger partial charge >= 0.3 is 0 Å². The Morgan fingerprint density at radius 1 is 1.33 bits per heavy atom. The highest BCUT2D eigenvalue weighted by Gasteiger charge is 2.09. The largest absolute Gasteiger partial charge is 0.496 e. The van der Waals surface area contributed by atoms with Gasteiger partial charge in [-0.1, -0.05) is 6.07 Å². The van der Waals surface area contributed by atoms with Gasteiger partial charge in [-0.25, -0.2) is 0 Å².